The third kappa shape index (κ3) is 3.43. The van der Waals surface area contributed by atoms with Crippen molar-refractivity contribution in [2.45, 2.75) is 0 Å². The molecule has 1 saturated heterocycles. The summed E-state index contributed by atoms with van der Waals surface area (Å²) >= 11 is 4.90. The maximum absolute atomic E-state index is 12.5. The van der Waals surface area contributed by atoms with Gasteiger partial charge in [0.1, 0.15) is 5.75 Å². The lowest BCUT2D eigenvalue weighted by Gasteiger charge is -2.34. The Morgan fingerprint density at radius 3 is 2.75 bits per heavy atom. The lowest BCUT2D eigenvalue weighted by atomic mass is 10.2. The topological polar surface area (TPSA) is 71.7 Å². The number of rotatable bonds is 4. The number of thiocarbonyl (C=S) groups is 1. The summed E-state index contributed by atoms with van der Waals surface area (Å²) in [5.41, 5.74) is 6.08. The van der Waals surface area contributed by atoms with Gasteiger partial charge in [-0.3, -0.25) is 14.7 Å². The fourth-order valence-corrected chi connectivity index (χ4v) is 2.40. The molecule has 0 radical (unpaired) electrons. The van der Waals surface area contributed by atoms with Crippen LogP contribution in [0.1, 0.15) is 10.4 Å². The van der Waals surface area contributed by atoms with Gasteiger partial charge in [0.15, 0.2) is 0 Å². The molecule has 0 unspecified atom stereocenters. The highest BCUT2D eigenvalue weighted by Crippen LogP contribution is 2.18. The third-order valence-electron chi connectivity index (χ3n) is 3.27. The molecular formula is C13H18N4O2S. The van der Waals surface area contributed by atoms with E-state index in [1.807, 2.05) is 4.90 Å². The Balaban J connectivity index is 2.00. The van der Waals surface area contributed by atoms with Crippen molar-refractivity contribution >= 4 is 23.1 Å². The molecule has 2 N–H and O–H groups in total. The number of nitrogens with zero attached hydrogens (tertiary/aromatic N) is 3. The first kappa shape index (κ1) is 14.7. The van der Waals surface area contributed by atoms with Gasteiger partial charge >= 0.3 is 0 Å². The van der Waals surface area contributed by atoms with Crippen molar-refractivity contribution in [3.63, 3.8) is 0 Å². The van der Waals surface area contributed by atoms with Gasteiger partial charge in [-0.25, -0.2) is 0 Å². The van der Waals surface area contributed by atoms with E-state index >= 15 is 0 Å². The maximum Gasteiger partial charge on any atom is 0.257 e. The lowest BCUT2D eigenvalue weighted by molar-refractivity contribution is 0.0651. The number of ether oxygens (including phenoxy) is 1. The van der Waals surface area contributed by atoms with Crippen LogP contribution in [0.15, 0.2) is 18.5 Å². The fourth-order valence-electron chi connectivity index (χ4n) is 2.22. The van der Waals surface area contributed by atoms with E-state index in [2.05, 4.69) is 9.88 Å². The highest BCUT2D eigenvalue weighted by atomic mass is 32.1. The first-order valence-corrected chi connectivity index (χ1v) is 6.80. The van der Waals surface area contributed by atoms with Crippen LogP contribution in [0.4, 0.5) is 0 Å². The van der Waals surface area contributed by atoms with Crippen molar-refractivity contribution in [2.75, 3.05) is 39.8 Å². The monoisotopic (exact) mass is 294 g/mol. The number of carbonyl (C=O) groups excluding carboxylic acids is 1. The summed E-state index contributed by atoms with van der Waals surface area (Å²) in [7, 11) is 1.54. The van der Waals surface area contributed by atoms with Crippen molar-refractivity contribution in [3.05, 3.63) is 24.0 Å². The number of pyridine rings is 1. The third-order valence-corrected chi connectivity index (χ3v) is 3.40. The summed E-state index contributed by atoms with van der Waals surface area (Å²) in [4.78, 5) is 20.9. The molecule has 2 rings (SSSR count). The summed E-state index contributed by atoms with van der Waals surface area (Å²) in [5, 5.41) is 0. The minimum Gasteiger partial charge on any atom is -0.494 e. The predicted molar refractivity (Wildman–Crippen MR) is 79.9 cm³/mol. The summed E-state index contributed by atoms with van der Waals surface area (Å²) in [5.74, 6) is 0.474. The van der Waals surface area contributed by atoms with Gasteiger partial charge in [-0.1, -0.05) is 12.2 Å². The molecule has 108 valence electrons. The van der Waals surface area contributed by atoms with Crippen LogP contribution in [0.5, 0.6) is 5.75 Å². The summed E-state index contributed by atoms with van der Waals surface area (Å²) in [6.07, 6.45) is 3.15. The summed E-state index contributed by atoms with van der Waals surface area (Å²) in [6.45, 7) is 3.47. The van der Waals surface area contributed by atoms with E-state index in [9.17, 15) is 4.79 Å². The molecule has 1 amide bonds. The van der Waals surface area contributed by atoms with E-state index < -0.39 is 0 Å². The smallest absolute Gasteiger partial charge is 0.257 e. The van der Waals surface area contributed by atoms with Crippen LogP contribution < -0.4 is 10.5 Å². The van der Waals surface area contributed by atoms with Crippen molar-refractivity contribution in [1.29, 1.82) is 0 Å². The summed E-state index contributed by atoms with van der Waals surface area (Å²) < 4.78 is 5.18. The van der Waals surface area contributed by atoms with Gasteiger partial charge in [0.05, 0.1) is 23.9 Å². The number of nitrogens with two attached hydrogens (primary N) is 1. The Hall–Kier alpha value is -1.73. The SMILES string of the molecule is COc1cnccc1C(=O)N1CCN(CC(N)=S)CC1. The van der Waals surface area contributed by atoms with Gasteiger partial charge in [0.2, 0.25) is 0 Å². The Morgan fingerprint density at radius 2 is 2.15 bits per heavy atom. The molecule has 0 atom stereocenters. The van der Waals surface area contributed by atoms with Crippen LogP contribution in [0.3, 0.4) is 0 Å². The Kier molecular flexibility index (Phi) is 4.86. The first-order chi connectivity index (χ1) is 9.61. The molecule has 0 spiro atoms. The normalized spacial score (nSPS) is 15.9. The second kappa shape index (κ2) is 6.62. The van der Waals surface area contributed by atoms with Crippen LogP contribution in [0, 0.1) is 0 Å². The maximum atomic E-state index is 12.5. The van der Waals surface area contributed by atoms with E-state index in [1.54, 1.807) is 18.5 Å². The van der Waals surface area contributed by atoms with E-state index in [0.717, 1.165) is 13.1 Å². The second-order valence-electron chi connectivity index (χ2n) is 4.61. The van der Waals surface area contributed by atoms with Crippen molar-refractivity contribution in [2.24, 2.45) is 5.73 Å². The van der Waals surface area contributed by atoms with Crippen molar-refractivity contribution < 1.29 is 9.53 Å². The molecule has 1 aliphatic rings. The van der Waals surface area contributed by atoms with Gasteiger partial charge in [-0.15, -0.1) is 0 Å². The minimum atomic E-state index is -0.0285. The molecule has 1 aromatic rings. The van der Waals surface area contributed by atoms with E-state index in [1.165, 1.54) is 7.11 Å². The first-order valence-electron chi connectivity index (χ1n) is 6.39. The molecule has 6 nitrogen and oxygen atoms in total. The molecule has 1 fully saturated rings. The average molecular weight is 294 g/mol. The zero-order chi connectivity index (χ0) is 14.5. The molecular weight excluding hydrogens is 276 g/mol. The van der Waals surface area contributed by atoms with E-state index in [0.29, 0.717) is 35.9 Å². The molecule has 0 aliphatic carbocycles. The lowest BCUT2D eigenvalue weighted by Crippen LogP contribution is -2.50. The van der Waals surface area contributed by atoms with Gasteiger partial charge in [-0.05, 0) is 6.07 Å². The number of amides is 1. The van der Waals surface area contributed by atoms with E-state index in [-0.39, 0.29) is 5.91 Å². The van der Waals surface area contributed by atoms with Crippen LogP contribution in [0.25, 0.3) is 0 Å². The molecule has 0 aromatic carbocycles. The number of hydrogen-bond acceptors (Lipinski definition) is 5. The molecule has 2 heterocycles. The van der Waals surface area contributed by atoms with E-state index in [4.69, 9.17) is 22.7 Å². The Labute approximate surface area is 123 Å². The number of carbonyl (C=O) groups is 1. The number of piperazine rings is 1. The van der Waals surface area contributed by atoms with Gasteiger partial charge < -0.3 is 15.4 Å². The summed E-state index contributed by atoms with van der Waals surface area (Å²) in [6, 6.07) is 1.68. The second-order valence-corrected chi connectivity index (χ2v) is 5.13. The molecule has 0 bridgehead atoms. The quantitative estimate of drug-likeness (QED) is 0.796. The molecule has 7 heteroatoms. The number of hydrogen-bond donors (Lipinski definition) is 1. The van der Waals surface area contributed by atoms with Crippen LogP contribution in [-0.2, 0) is 0 Å². The van der Waals surface area contributed by atoms with Crippen LogP contribution in [0.2, 0.25) is 0 Å². The highest BCUT2D eigenvalue weighted by molar-refractivity contribution is 7.80. The van der Waals surface area contributed by atoms with Crippen molar-refractivity contribution in [3.8, 4) is 5.75 Å². The zero-order valence-electron chi connectivity index (χ0n) is 11.4. The number of aromatic nitrogens is 1. The van der Waals surface area contributed by atoms with Crippen LogP contribution in [-0.4, -0.2) is 65.5 Å². The molecule has 0 saturated carbocycles. The fraction of sp³-hybridized carbons (Fsp3) is 0.462. The van der Waals surface area contributed by atoms with Gasteiger partial charge in [0, 0.05) is 38.9 Å². The molecule has 1 aromatic heterocycles. The van der Waals surface area contributed by atoms with Crippen LogP contribution >= 0.6 is 12.2 Å². The molecule has 1 aliphatic heterocycles. The predicted octanol–water partition coefficient (Wildman–Crippen LogP) is 0.134. The number of methoxy groups -OCH3 is 1. The standard InChI is InChI=1S/C13H18N4O2S/c1-19-11-8-15-3-2-10(11)13(18)17-6-4-16(5-7-17)9-12(14)20/h2-3,8H,4-7,9H2,1H3,(H2,14,20). The zero-order valence-corrected chi connectivity index (χ0v) is 12.2. The highest BCUT2D eigenvalue weighted by Gasteiger charge is 2.24. The van der Waals surface area contributed by atoms with Gasteiger partial charge in [0.25, 0.3) is 5.91 Å². The van der Waals surface area contributed by atoms with Crippen molar-refractivity contribution in [1.82, 2.24) is 14.8 Å². The van der Waals surface area contributed by atoms with Gasteiger partial charge in [-0.2, -0.15) is 0 Å². The average Bonchev–Trinajstić information content (AvgIpc) is 2.46. The Morgan fingerprint density at radius 1 is 1.45 bits per heavy atom. The molecule has 20 heavy (non-hydrogen) atoms. The largest absolute Gasteiger partial charge is 0.494 e. The minimum absolute atomic E-state index is 0.0285. The Bertz CT molecular complexity index is 501.